The number of amides is 1. The van der Waals surface area contributed by atoms with Crippen LogP contribution in [0.4, 0.5) is 4.79 Å². The number of carbonyl (C=O) groups is 1. The van der Waals surface area contributed by atoms with Crippen LogP contribution in [0.5, 0.6) is 5.88 Å². The lowest BCUT2D eigenvalue weighted by atomic mass is 10.3. The minimum atomic E-state index is -0.441. The summed E-state index contributed by atoms with van der Waals surface area (Å²) >= 11 is 0. The molecule has 0 saturated carbocycles. The van der Waals surface area contributed by atoms with E-state index in [1.54, 1.807) is 6.07 Å². The Morgan fingerprint density at radius 2 is 2.17 bits per heavy atom. The molecule has 0 aliphatic heterocycles. The predicted octanol–water partition coefficient (Wildman–Crippen LogP) is 1.82. The van der Waals surface area contributed by atoms with Gasteiger partial charge in [-0.2, -0.15) is 0 Å². The Hall–Kier alpha value is -2.01. The fraction of sp³-hybridized carbons (Fsp3) is 0.308. The molecular weight excluding hydrogens is 230 g/mol. The van der Waals surface area contributed by atoms with E-state index in [2.05, 4.69) is 10.3 Å². The SMILES string of the molecule is CN(C)CCNC(=O)Oc1cc2ccccc2[nH]1. The summed E-state index contributed by atoms with van der Waals surface area (Å²) in [5.74, 6) is 0.457. The van der Waals surface area contributed by atoms with Crippen LogP contribution < -0.4 is 10.1 Å². The molecule has 0 unspecified atom stereocenters. The molecule has 18 heavy (non-hydrogen) atoms. The van der Waals surface area contributed by atoms with Crippen molar-refractivity contribution in [3.05, 3.63) is 30.3 Å². The number of carbonyl (C=O) groups excluding carboxylic acids is 1. The first-order valence-corrected chi connectivity index (χ1v) is 5.83. The molecule has 0 fully saturated rings. The molecule has 0 aliphatic rings. The van der Waals surface area contributed by atoms with Crippen LogP contribution in [0.1, 0.15) is 0 Å². The van der Waals surface area contributed by atoms with Crippen molar-refractivity contribution in [3.63, 3.8) is 0 Å². The van der Waals surface area contributed by atoms with Crippen molar-refractivity contribution in [3.8, 4) is 5.88 Å². The van der Waals surface area contributed by atoms with E-state index >= 15 is 0 Å². The molecule has 1 amide bonds. The van der Waals surface area contributed by atoms with Gasteiger partial charge in [0.25, 0.3) is 0 Å². The Balaban J connectivity index is 1.90. The van der Waals surface area contributed by atoms with Gasteiger partial charge in [-0.1, -0.05) is 18.2 Å². The van der Waals surface area contributed by atoms with Gasteiger partial charge < -0.3 is 19.9 Å². The summed E-state index contributed by atoms with van der Waals surface area (Å²) in [5.41, 5.74) is 0.952. The number of aromatic nitrogens is 1. The summed E-state index contributed by atoms with van der Waals surface area (Å²) < 4.78 is 5.16. The number of fused-ring (bicyclic) bond motifs is 1. The normalized spacial score (nSPS) is 10.8. The summed E-state index contributed by atoms with van der Waals surface area (Å²) in [5, 5.41) is 3.71. The maximum atomic E-state index is 11.5. The highest BCUT2D eigenvalue weighted by Gasteiger charge is 2.06. The molecule has 1 heterocycles. The molecule has 0 bridgehead atoms. The van der Waals surface area contributed by atoms with Crippen molar-refractivity contribution in [1.82, 2.24) is 15.2 Å². The van der Waals surface area contributed by atoms with Crippen molar-refractivity contribution < 1.29 is 9.53 Å². The van der Waals surface area contributed by atoms with Gasteiger partial charge in [-0.25, -0.2) is 4.79 Å². The maximum Gasteiger partial charge on any atom is 0.413 e. The zero-order valence-corrected chi connectivity index (χ0v) is 10.6. The van der Waals surface area contributed by atoms with Crippen molar-refractivity contribution in [2.45, 2.75) is 0 Å². The van der Waals surface area contributed by atoms with Gasteiger partial charge in [-0.15, -0.1) is 0 Å². The van der Waals surface area contributed by atoms with Gasteiger partial charge in [0.15, 0.2) is 0 Å². The van der Waals surface area contributed by atoms with E-state index in [9.17, 15) is 4.79 Å². The second-order valence-electron chi connectivity index (χ2n) is 4.34. The van der Waals surface area contributed by atoms with Crippen LogP contribution in [0.3, 0.4) is 0 Å². The molecule has 2 rings (SSSR count). The van der Waals surface area contributed by atoms with Gasteiger partial charge >= 0.3 is 6.09 Å². The molecule has 2 N–H and O–H groups in total. The number of hydrogen-bond donors (Lipinski definition) is 2. The van der Waals surface area contributed by atoms with E-state index in [0.717, 1.165) is 17.4 Å². The number of para-hydroxylation sites is 1. The molecule has 0 atom stereocenters. The predicted molar refractivity (Wildman–Crippen MR) is 70.9 cm³/mol. The van der Waals surface area contributed by atoms with E-state index in [-0.39, 0.29) is 0 Å². The molecule has 0 aliphatic carbocycles. The quantitative estimate of drug-likeness (QED) is 0.866. The highest BCUT2D eigenvalue weighted by atomic mass is 16.6. The van der Waals surface area contributed by atoms with Crippen molar-refractivity contribution in [1.29, 1.82) is 0 Å². The number of aromatic amines is 1. The Labute approximate surface area is 106 Å². The smallest absolute Gasteiger partial charge is 0.393 e. The molecule has 96 valence electrons. The first-order valence-electron chi connectivity index (χ1n) is 5.83. The highest BCUT2D eigenvalue weighted by Crippen LogP contribution is 2.19. The summed E-state index contributed by atoms with van der Waals surface area (Å²) in [6.07, 6.45) is -0.441. The molecule has 0 saturated heterocycles. The van der Waals surface area contributed by atoms with Crippen molar-refractivity contribution in [2.75, 3.05) is 27.2 Å². The Bertz CT molecular complexity index is 501. The lowest BCUT2D eigenvalue weighted by Gasteiger charge is -2.09. The molecule has 0 spiro atoms. The van der Waals surface area contributed by atoms with Gasteiger partial charge in [0.05, 0.1) is 0 Å². The average Bonchev–Trinajstić information content (AvgIpc) is 2.70. The standard InChI is InChI=1S/C13H17N3O2/c1-16(2)8-7-14-13(17)18-12-9-10-5-3-4-6-11(10)15-12/h3-6,9,15H,7-8H2,1-2H3,(H,14,17). The minimum Gasteiger partial charge on any atom is -0.393 e. The maximum absolute atomic E-state index is 11.5. The molecule has 5 nitrogen and oxygen atoms in total. The second kappa shape index (κ2) is 5.55. The first kappa shape index (κ1) is 12.4. The van der Waals surface area contributed by atoms with E-state index in [1.807, 2.05) is 43.3 Å². The third-order valence-corrected chi connectivity index (χ3v) is 2.54. The van der Waals surface area contributed by atoms with Crippen molar-refractivity contribution in [2.24, 2.45) is 0 Å². The summed E-state index contributed by atoms with van der Waals surface area (Å²) in [6, 6.07) is 9.58. The third kappa shape index (κ3) is 3.24. The third-order valence-electron chi connectivity index (χ3n) is 2.54. The number of H-pyrrole nitrogens is 1. The lowest BCUT2D eigenvalue weighted by Crippen LogP contribution is -2.33. The van der Waals surface area contributed by atoms with Crippen LogP contribution in [0.2, 0.25) is 0 Å². The monoisotopic (exact) mass is 247 g/mol. The van der Waals surface area contributed by atoms with Crippen molar-refractivity contribution >= 4 is 17.0 Å². The van der Waals surface area contributed by atoms with Crippen LogP contribution in [-0.4, -0.2) is 43.2 Å². The van der Waals surface area contributed by atoms with E-state index in [0.29, 0.717) is 12.4 Å². The van der Waals surface area contributed by atoms with Gasteiger partial charge in [-0.3, -0.25) is 0 Å². The van der Waals surface area contributed by atoms with Crippen LogP contribution >= 0.6 is 0 Å². The van der Waals surface area contributed by atoms with Gasteiger partial charge in [0, 0.05) is 30.1 Å². The fourth-order valence-corrected chi connectivity index (χ4v) is 1.62. The van der Waals surface area contributed by atoms with Crippen LogP contribution in [0.15, 0.2) is 30.3 Å². The second-order valence-corrected chi connectivity index (χ2v) is 4.34. The molecule has 1 aromatic carbocycles. The largest absolute Gasteiger partial charge is 0.413 e. The Morgan fingerprint density at radius 1 is 1.39 bits per heavy atom. The lowest BCUT2D eigenvalue weighted by molar-refractivity contribution is 0.198. The van der Waals surface area contributed by atoms with Gasteiger partial charge in [-0.05, 0) is 20.2 Å². The van der Waals surface area contributed by atoms with Crippen LogP contribution in [0, 0.1) is 0 Å². The zero-order valence-electron chi connectivity index (χ0n) is 10.6. The van der Waals surface area contributed by atoms with E-state index < -0.39 is 6.09 Å². The fourth-order valence-electron chi connectivity index (χ4n) is 1.62. The van der Waals surface area contributed by atoms with E-state index in [4.69, 9.17) is 4.74 Å². The number of hydrogen-bond acceptors (Lipinski definition) is 3. The van der Waals surface area contributed by atoms with Crippen LogP contribution in [-0.2, 0) is 0 Å². The minimum absolute atomic E-state index is 0.441. The number of rotatable bonds is 4. The molecule has 1 aromatic heterocycles. The number of likely N-dealkylation sites (N-methyl/N-ethyl adjacent to an activating group) is 1. The Kier molecular flexibility index (Phi) is 3.84. The molecule has 0 radical (unpaired) electrons. The highest BCUT2D eigenvalue weighted by molar-refractivity contribution is 5.82. The molecule has 2 aromatic rings. The first-order chi connectivity index (χ1) is 8.65. The molecule has 5 heteroatoms. The summed E-state index contributed by atoms with van der Waals surface area (Å²) in [6.45, 7) is 1.34. The number of nitrogens with zero attached hydrogens (tertiary/aromatic N) is 1. The number of ether oxygens (including phenoxy) is 1. The zero-order chi connectivity index (χ0) is 13.0. The Morgan fingerprint density at radius 3 is 2.89 bits per heavy atom. The van der Waals surface area contributed by atoms with Gasteiger partial charge in [0.1, 0.15) is 0 Å². The average molecular weight is 247 g/mol. The van der Waals surface area contributed by atoms with E-state index in [1.165, 1.54) is 0 Å². The number of benzene rings is 1. The van der Waals surface area contributed by atoms with Gasteiger partial charge in [0.2, 0.25) is 5.88 Å². The number of nitrogens with one attached hydrogen (secondary N) is 2. The summed E-state index contributed by atoms with van der Waals surface area (Å²) in [7, 11) is 3.90. The topological polar surface area (TPSA) is 57.4 Å². The molecular formula is C13H17N3O2. The van der Waals surface area contributed by atoms with Crippen LogP contribution in [0.25, 0.3) is 10.9 Å². The summed E-state index contributed by atoms with van der Waals surface area (Å²) in [4.78, 5) is 16.5.